The molecule has 230 valence electrons. The summed E-state index contributed by atoms with van der Waals surface area (Å²) in [6.07, 6.45) is 0.235. The molecule has 4 aromatic rings. The summed E-state index contributed by atoms with van der Waals surface area (Å²) in [6, 6.07) is 28.0. The minimum atomic E-state index is -4.24. The number of carbonyl (C=O) groups is 2. The Hall–Kier alpha value is -3.86. The number of nitrogens with one attached hydrogen (secondary N) is 1. The number of anilines is 1. The van der Waals surface area contributed by atoms with E-state index in [1.54, 1.807) is 36.4 Å². The number of sulfonamides is 1. The molecule has 0 saturated heterocycles. The van der Waals surface area contributed by atoms with Crippen LogP contribution in [0.15, 0.2) is 112 Å². The van der Waals surface area contributed by atoms with Gasteiger partial charge < -0.3 is 15.0 Å². The van der Waals surface area contributed by atoms with Gasteiger partial charge in [0, 0.05) is 29.0 Å². The normalized spacial score (nSPS) is 11.8. The minimum Gasteiger partial charge on any atom is -0.497 e. The fourth-order valence-corrected chi connectivity index (χ4v) is 6.68. The van der Waals surface area contributed by atoms with Crippen LogP contribution in [0.3, 0.4) is 0 Å². The Bertz CT molecular complexity index is 1670. The zero-order valence-electron chi connectivity index (χ0n) is 24.3. The van der Waals surface area contributed by atoms with E-state index >= 15 is 0 Å². The maximum Gasteiger partial charge on any atom is 0.264 e. The van der Waals surface area contributed by atoms with E-state index in [1.807, 2.05) is 61.5 Å². The standard InChI is InChI=1S/C33H33BrClN3O5S/c1-3-36-33(40)31(21-24-8-5-4-6-9-24)37(22-25-10-7-11-26(34)20-25)32(39)23-38(28-14-12-27(35)13-15-28)44(41,42)30-18-16-29(43-2)17-19-30/h4-20,31H,3,21-23H2,1-2H3,(H,36,40)/t31-/m0/s1. The van der Waals surface area contributed by atoms with Crippen LogP contribution in [0.4, 0.5) is 5.69 Å². The van der Waals surface area contributed by atoms with E-state index in [2.05, 4.69) is 21.2 Å². The molecule has 0 heterocycles. The summed E-state index contributed by atoms with van der Waals surface area (Å²) in [5, 5.41) is 3.27. The molecule has 0 radical (unpaired) electrons. The highest BCUT2D eigenvalue weighted by Gasteiger charge is 2.34. The summed E-state index contributed by atoms with van der Waals surface area (Å²) in [4.78, 5) is 29.4. The Morgan fingerprint density at radius 3 is 2.18 bits per heavy atom. The predicted molar refractivity (Wildman–Crippen MR) is 176 cm³/mol. The Balaban J connectivity index is 1.79. The van der Waals surface area contributed by atoms with Gasteiger partial charge in [-0.1, -0.05) is 70.0 Å². The van der Waals surface area contributed by atoms with Crippen LogP contribution in [0.25, 0.3) is 0 Å². The van der Waals surface area contributed by atoms with Crippen LogP contribution in [-0.2, 0) is 32.6 Å². The highest BCUT2D eigenvalue weighted by atomic mass is 79.9. The molecule has 1 atom stereocenters. The Morgan fingerprint density at radius 2 is 1.57 bits per heavy atom. The number of halogens is 2. The lowest BCUT2D eigenvalue weighted by atomic mass is 10.0. The molecule has 0 aliphatic rings. The van der Waals surface area contributed by atoms with E-state index in [0.29, 0.717) is 17.3 Å². The number of benzene rings is 4. The van der Waals surface area contributed by atoms with Crippen LogP contribution >= 0.6 is 27.5 Å². The van der Waals surface area contributed by atoms with Gasteiger partial charge >= 0.3 is 0 Å². The SMILES string of the molecule is CCNC(=O)[C@H](Cc1ccccc1)N(Cc1cccc(Br)c1)C(=O)CN(c1ccc(Cl)cc1)S(=O)(=O)c1ccc(OC)cc1. The van der Waals surface area contributed by atoms with Gasteiger partial charge in [0.05, 0.1) is 17.7 Å². The van der Waals surface area contributed by atoms with E-state index in [1.165, 1.54) is 24.1 Å². The van der Waals surface area contributed by atoms with Crippen molar-refractivity contribution < 1.29 is 22.7 Å². The van der Waals surface area contributed by atoms with Crippen LogP contribution < -0.4 is 14.4 Å². The molecular weight excluding hydrogens is 666 g/mol. The number of rotatable bonds is 13. The van der Waals surface area contributed by atoms with Gasteiger partial charge in [-0.3, -0.25) is 13.9 Å². The number of carbonyl (C=O) groups excluding carboxylic acids is 2. The number of methoxy groups -OCH3 is 1. The van der Waals surface area contributed by atoms with Gasteiger partial charge in [0.25, 0.3) is 10.0 Å². The van der Waals surface area contributed by atoms with Crippen LogP contribution in [-0.4, -0.2) is 51.4 Å². The van der Waals surface area contributed by atoms with E-state index < -0.39 is 28.5 Å². The molecule has 0 unspecified atom stereocenters. The van der Waals surface area contributed by atoms with Gasteiger partial charge in [-0.05, 0) is 78.7 Å². The van der Waals surface area contributed by atoms with Crippen molar-refractivity contribution in [2.24, 2.45) is 0 Å². The Labute approximate surface area is 271 Å². The average molecular weight is 699 g/mol. The van der Waals surface area contributed by atoms with Gasteiger partial charge in [0.2, 0.25) is 11.8 Å². The molecule has 0 saturated carbocycles. The molecule has 2 amide bonds. The zero-order valence-corrected chi connectivity index (χ0v) is 27.5. The van der Waals surface area contributed by atoms with Crippen molar-refractivity contribution in [1.82, 2.24) is 10.2 Å². The second-order valence-corrected chi connectivity index (χ2v) is 13.1. The van der Waals surface area contributed by atoms with Crippen molar-refractivity contribution in [3.8, 4) is 5.75 Å². The molecule has 1 N–H and O–H groups in total. The first kappa shape index (κ1) is 33.0. The number of nitrogens with zero attached hydrogens (tertiary/aromatic N) is 2. The number of hydrogen-bond donors (Lipinski definition) is 1. The van der Waals surface area contributed by atoms with Crippen molar-refractivity contribution in [1.29, 1.82) is 0 Å². The van der Waals surface area contributed by atoms with Crippen LogP contribution in [0, 0.1) is 0 Å². The molecule has 8 nitrogen and oxygen atoms in total. The topological polar surface area (TPSA) is 96.0 Å². The number of ether oxygens (including phenoxy) is 1. The lowest BCUT2D eigenvalue weighted by Gasteiger charge is -2.34. The molecule has 4 rings (SSSR count). The molecule has 0 spiro atoms. The summed E-state index contributed by atoms with van der Waals surface area (Å²) < 4.78 is 35.2. The van der Waals surface area contributed by atoms with Gasteiger partial charge in [0.1, 0.15) is 18.3 Å². The largest absolute Gasteiger partial charge is 0.497 e. The Kier molecular flexibility index (Phi) is 11.4. The third-order valence-corrected chi connectivity index (χ3v) is 9.44. The van der Waals surface area contributed by atoms with Crippen molar-refractivity contribution in [2.45, 2.75) is 30.8 Å². The van der Waals surface area contributed by atoms with Crippen LogP contribution in [0.5, 0.6) is 5.75 Å². The summed E-state index contributed by atoms with van der Waals surface area (Å²) in [5.41, 5.74) is 1.88. The van der Waals surface area contributed by atoms with Gasteiger partial charge in [-0.15, -0.1) is 0 Å². The van der Waals surface area contributed by atoms with Crippen molar-refractivity contribution in [3.63, 3.8) is 0 Å². The second kappa shape index (κ2) is 15.2. The number of likely N-dealkylation sites (N-methyl/N-ethyl adjacent to an activating group) is 1. The smallest absolute Gasteiger partial charge is 0.264 e. The van der Waals surface area contributed by atoms with Crippen molar-refractivity contribution >= 4 is 55.1 Å². The third-order valence-electron chi connectivity index (χ3n) is 6.90. The van der Waals surface area contributed by atoms with E-state index in [9.17, 15) is 18.0 Å². The Morgan fingerprint density at radius 1 is 0.909 bits per heavy atom. The molecule has 0 bridgehead atoms. The van der Waals surface area contributed by atoms with E-state index in [0.717, 1.165) is 19.9 Å². The van der Waals surface area contributed by atoms with Gasteiger partial charge in [0.15, 0.2) is 0 Å². The first-order valence-corrected chi connectivity index (χ1v) is 16.5. The summed E-state index contributed by atoms with van der Waals surface area (Å²) in [7, 11) is -2.75. The second-order valence-electron chi connectivity index (χ2n) is 9.92. The highest BCUT2D eigenvalue weighted by molar-refractivity contribution is 9.10. The fourth-order valence-electron chi connectivity index (χ4n) is 4.69. The van der Waals surface area contributed by atoms with E-state index in [4.69, 9.17) is 16.3 Å². The van der Waals surface area contributed by atoms with Crippen LogP contribution in [0.2, 0.25) is 5.02 Å². The first-order chi connectivity index (χ1) is 21.1. The zero-order chi connectivity index (χ0) is 31.7. The molecule has 0 fully saturated rings. The average Bonchev–Trinajstić information content (AvgIpc) is 3.02. The van der Waals surface area contributed by atoms with Crippen LogP contribution in [0.1, 0.15) is 18.1 Å². The number of amides is 2. The molecule has 0 aliphatic heterocycles. The molecule has 11 heteroatoms. The molecule has 4 aromatic carbocycles. The van der Waals surface area contributed by atoms with Crippen molar-refractivity contribution in [3.05, 3.63) is 124 Å². The lowest BCUT2D eigenvalue weighted by molar-refractivity contribution is -0.140. The quantitative estimate of drug-likeness (QED) is 0.183. The summed E-state index contributed by atoms with van der Waals surface area (Å²) in [6.45, 7) is 1.69. The fraction of sp³-hybridized carbons (Fsp3) is 0.212. The first-order valence-electron chi connectivity index (χ1n) is 13.9. The lowest BCUT2D eigenvalue weighted by Crippen LogP contribution is -2.53. The third kappa shape index (κ3) is 8.40. The highest BCUT2D eigenvalue weighted by Crippen LogP contribution is 2.27. The molecule has 0 aliphatic carbocycles. The minimum absolute atomic E-state index is 0.0239. The van der Waals surface area contributed by atoms with E-state index in [-0.39, 0.29) is 29.5 Å². The maximum atomic E-state index is 14.4. The summed E-state index contributed by atoms with van der Waals surface area (Å²) >= 11 is 9.60. The summed E-state index contributed by atoms with van der Waals surface area (Å²) in [5.74, 6) is -0.399. The molecular formula is C33H33BrClN3O5S. The molecule has 44 heavy (non-hydrogen) atoms. The number of hydrogen-bond acceptors (Lipinski definition) is 5. The van der Waals surface area contributed by atoms with Gasteiger partial charge in [-0.25, -0.2) is 8.42 Å². The van der Waals surface area contributed by atoms with Gasteiger partial charge in [-0.2, -0.15) is 0 Å². The molecule has 0 aromatic heterocycles. The van der Waals surface area contributed by atoms with Crippen molar-refractivity contribution in [2.75, 3.05) is 24.5 Å². The predicted octanol–water partition coefficient (Wildman–Crippen LogP) is 6.08. The monoisotopic (exact) mass is 697 g/mol. The maximum absolute atomic E-state index is 14.4.